The summed E-state index contributed by atoms with van der Waals surface area (Å²) in [6.07, 6.45) is 1.93. The van der Waals surface area contributed by atoms with Gasteiger partial charge in [-0.1, -0.05) is 42.5 Å². The molecule has 12 N–H and O–H groups in total. The van der Waals surface area contributed by atoms with Crippen molar-refractivity contribution in [2.45, 2.75) is 88.9 Å². The molecular weight excluding hydrogens is 658 g/mol. The van der Waals surface area contributed by atoms with Crippen molar-refractivity contribution in [3.63, 3.8) is 0 Å². The zero-order valence-electron chi connectivity index (χ0n) is 28.8. The number of carbonyl (C=O) groups is 5. The number of aryl methyl sites for hydroxylation is 1. The van der Waals surface area contributed by atoms with Crippen LogP contribution in [0.2, 0.25) is 0 Å². The number of carbonyl (C=O) groups excluding carboxylic acids is 4. The number of ketones is 1. The molecule has 0 bridgehead atoms. The van der Waals surface area contributed by atoms with Crippen LogP contribution in [-0.4, -0.2) is 71.8 Å². The summed E-state index contributed by atoms with van der Waals surface area (Å²) in [5.41, 5.74) is 24.2. The number of benzene rings is 2. The molecule has 0 spiro atoms. The maximum atomic E-state index is 13.8. The summed E-state index contributed by atoms with van der Waals surface area (Å²) in [4.78, 5) is 77.8. The Labute approximate surface area is 295 Å². The monoisotopic (exact) mass is 707 g/mol. The first kappa shape index (κ1) is 40.3. The standard InChI is InChI=1S/C36H49N7O8/c1-21-24-14-13-23(20-29(24)51-36(50)31(21)40)32(46)26(11-5-7-17-37)41-34(48)27(12-6-8-18-38)43-35(49)28(15-16-30(44)45)42-33(47)25(39)19-22-9-3-2-4-10-22/h2-4,9-10,13-14,20,25-28H,5-8,11-12,15-19,37-40H2,1H3,(H,41,48)(H,42,47)(H,43,49)(H,44,45)/t25-,26-,27-,28-/m0/s1. The number of rotatable bonds is 21. The van der Waals surface area contributed by atoms with Crippen LogP contribution in [-0.2, 0) is 25.6 Å². The predicted octanol–water partition coefficient (Wildman–Crippen LogP) is 1.01. The first-order valence-corrected chi connectivity index (χ1v) is 17.1. The number of carboxylic acids is 1. The number of nitrogen functional groups attached to an aromatic ring is 1. The number of amides is 3. The van der Waals surface area contributed by atoms with E-state index in [-0.39, 0.29) is 42.5 Å². The molecule has 0 aliphatic rings. The fourth-order valence-electron chi connectivity index (χ4n) is 5.57. The second-order valence-corrected chi connectivity index (χ2v) is 12.5. The van der Waals surface area contributed by atoms with Gasteiger partial charge >= 0.3 is 11.6 Å². The van der Waals surface area contributed by atoms with Gasteiger partial charge in [0.15, 0.2) is 5.78 Å². The Morgan fingerprint density at radius 3 is 1.96 bits per heavy atom. The lowest BCUT2D eigenvalue weighted by atomic mass is 9.97. The number of hydrogen-bond acceptors (Lipinski definition) is 11. The van der Waals surface area contributed by atoms with Gasteiger partial charge in [-0.05, 0) is 88.6 Å². The third-order valence-corrected chi connectivity index (χ3v) is 8.57. The largest absolute Gasteiger partial charge is 0.481 e. The van der Waals surface area contributed by atoms with E-state index in [1.807, 2.05) is 6.07 Å². The van der Waals surface area contributed by atoms with Gasteiger partial charge in [0.25, 0.3) is 0 Å². The Balaban J connectivity index is 1.83. The third kappa shape index (κ3) is 12.0. The molecule has 0 saturated carbocycles. The van der Waals surface area contributed by atoms with E-state index >= 15 is 0 Å². The van der Waals surface area contributed by atoms with Gasteiger partial charge in [0.2, 0.25) is 17.7 Å². The van der Waals surface area contributed by atoms with Crippen LogP contribution in [0, 0.1) is 6.92 Å². The normalized spacial score (nSPS) is 13.5. The highest BCUT2D eigenvalue weighted by molar-refractivity contribution is 6.05. The number of Topliss-reactive ketones (excluding diaryl/α,β-unsaturated/α-hetero) is 1. The zero-order valence-corrected chi connectivity index (χ0v) is 28.8. The lowest BCUT2D eigenvalue weighted by molar-refractivity contribution is -0.138. The SMILES string of the molecule is Cc1c(N)c(=O)oc2cc(C(=O)[C@H](CCCCN)NC(=O)[C@H](CCCCN)NC(=O)[C@H](CCC(=O)O)NC(=O)[C@@H](N)Cc3ccccc3)ccc12. The van der Waals surface area contributed by atoms with E-state index in [2.05, 4.69) is 16.0 Å². The second kappa shape index (κ2) is 19.9. The molecule has 3 amide bonds. The Hall–Kier alpha value is -5.12. The van der Waals surface area contributed by atoms with Crippen molar-refractivity contribution in [3.05, 3.63) is 75.6 Å². The van der Waals surface area contributed by atoms with Crippen LogP contribution >= 0.6 is 0 Å². The van der Waals surface area contributed by atoms with Gasteiger partial charge in [0, 0.05) is 17.4 Å². The van der Waals surface area contributed by atoms with Crippen molar-refractivity contribution in [2.24, 2.45) is 17.2 Å². The Bertz CT molecular complexity index is 1730. The summed E-state index contributed by atoms with van der Waals surface area (Å²) in [7, 11) is 0. The first-order chi connectivity index (χ1) is 24.4. The molecule has 0 aliphatic carbocycles. The molecule has 51 heavy (non-hydrogen) atoms. The fraction of sp³-hybridized carbons (Fsp3) is 0.444. The molecule has 0 unspecified atom stereocenters. The highest BCUT2D eigenvalue weighted by Gasteiger charge is 2.31. The van der Waals surface area contributed by atoms with E-state index in [0.29, 0.717) is 49.7 Å². The summed E-state index contributed by atoms with van der Waals surface area (Å²) >= 11 is 0. The molecule has 3 aromatic rings. The fourth-order valence-corrected chi connectivity index (χ4v) is 5.57. The average molecular weight is 708 g/mol. The van der Waals surface area contributed by atoms with Crippen molar-refractivity contribution in [1.29, 1.82) is 0 Å². The molecule has 0 saturated heterocycles. The molecule has 3 rings (SSSR count). The van der Waals surface area contributed by atoms with Gasteiger partial charge < -0.3 is 48.4 Å². The average Bonchev–Trinajstić information content (AvgIpc) is 3.11. The maximum absolute atomic E-state index is 13.8. The number of carboxylic acid groups (broad SMARTS) is 1. The van der Waals surface area contributed by atoms with E-state index in [1.165, 1.54) is 6.07 Å². The molecule has 0 fully saturated rings. The van der Waals surface area contributed by atoms with Crippen molar-refractivity contribution in [2.75, 3.05) is 18.8 Å². The molecule has 0 radical (unpaired) electrons. The van der Waals surface area contributed by atoms with Gasteiger partial charge in [-0.25, -0.2) is 4.79 Å². The van der Waals surface area contributed by atoms with E-state index in [4.69, 9.17) is 27.4 Å². The van der Waals surface area contributed by atoms with Gasteiger partial charge in [-0.3, -0.25) is 24.0 Å². The van der Waals surface area contributed by atoms with Crippen LogP contribution in [0.15, 0.2) is 57.7 Å². The lowest BCUT2D eigenvalue weighted by Gasteiger charge is -2.26. The number of fused-ring (bicyclic) bond motifs is 1. The van der Waals surface area contributed by atoms with Crippen molar-refractivity contribution in [1.82, 2.24) is 16.0 Å². The van der Waals surface area contributed by atoms with Crippen molar-refractivity contribution < 1.29 is 33.5 Å². The van der Waals surface area contributed by atoms with Gasteiger partial charge in [-0.15, -0.1) is 0 Å². The summed E-state index contributed by atoms with van der Waals surface area (Å²) in [5, 5.41) is 17.8. The maximum Gasteiger partial charge on any atom is 0.359 e. The number of aliphatic carboxylic acids is 1. The Morgan fingerprint density at radius 2 is 1.35 bits per heavy atom. The summed E-state index contributed by atoms with van der Waals surface area (Å²) in [5.74, 6) is -3.74. The molecule has 2 aromatic carbocycles. The minimum atomic E-state index is -1.31. The summed E-state index contributed by atoms with van der Waals surface area (Å²) < 4.78 is 5.32. The molecule has 15 nitrogen and oxygen atoms in total. The minimum Gasteiger partial charge on any atom is -0.481 e. The van der Waals surface area contributed by atoms with Crippen molar-refractivity contribution >= 4 is 46.1 Å². The second-order valence-electron chi connectivity index (χ2n) is 12.5. The molecule has 1 heterocycles. The minimum absolute atomic E-state index is 0.0315. The molecule has 4 atom stereocenters. The molecular formula is C36H49N7O8. The number of anilines is 1. The number of hydrogen-bond donors (Lipinski definition) is 8. The number of nitrogens with two attached hydrogens (primary N) is 4. The smallest absolute Gasteiger partial charge is 0.359 e. The number of unbranched alkanes of at least 4 members (excludes halogenated alkanes) is 2. The summed E-state index contributed by atoms with van der Waals surface area (Å²) in [6.45, 7) is 2.37. The molecule has 1 aromatic heterocycles. The highest BCUT2D eigenvalue weighted by atomic mass is 16.4. The van der Waals surface area contributed by atoms with E-state index in [0.717, 1.165) is 5.56 Å². The van der Waals surface area contributed by atoms with Crippen LogP contribution in [0.5, 0.6) is 0 Å². The highest BCUT2D eigenvalue weighted by Crippen LogP contribution is 2.23. The predicted molar refractivity (Wildman–Crippen MR) is 193 cm³/mol. The topological polar surface area (TPSA) is 276 Å². The Morgan fingerprint density at radius 1 is 0.784 bits per heavy atom. The molecule has 0 aliphatic heterocycles. The van der Waals surface area contributed by atoms with E-state index in [9.17, 15) is 33.9 Å². The quantitative estimate of drug-likeness (QED) is 0.0438. The van der Waals surface area contributed by atoms with Crippen LogP contribution in [0.25, 0.3) is 11.0 Å². The zero-order chi connectivity index (χ0) is 37.5. The van der Waals surface area contributed by atoms with Gasteiger partial charge in [-0.2, -0.15) is 0 Å². The van der Waals surface area contributed by atoms with E-state index < -0.39 is 65.7 Å². The van der Waals surface area contributed by atoms with Crippen LogP contribution < -0.4 is 44.5 Å². The van der Waals surface area contributed by atoms with Crippen LogP contribution in [0.1, 0.15) is 72.9 Å². The molecule has 276 valence electrons. The van der Waals surface area contributed by atoms with Crippen LogP contribution in [0.4, 0.5) is 5.69 Å². The first-order valence-electron chi connectivity index (χ1n) is 17.1. The number of nitrogens with one attached hydrogen (secondary N) is 3. The van der Waals surface area contributed by atoms with Gasteiger partial charge in [0.1, 0.15) is 23.4 Å². The third-order valence-electron chi connectivity index (χ3n) is 8.57. The molecule has 15 heteroatoms. The van der Waals surface area contributed by atoms with E-state index in [1.54, 1.807) is 43.3 Å². The lowest BCUT2D eigenvalue weighted by Crippen LogP contribution is -2.57. The van der Waals surface area contributed by atoms with Crippen LogP contribution in [0.3, 0.4) is 0 Å². The van der Waals surface area contributed by atoms with Crippen molar-refractivity contribution in [3.8, 4) is 0 Å². The Kier molecular flexibility index (Phi) is 15.7. The summed E-state index contributed by atoms with van der Waals surface area (Å²) in [6, 6.07) is 9.08. The van der Waals surface area contributed by atoms with Gasteiger partial charge in [0.05, 0.1) is 12.1 Å².